The number of aliphatic carboxylic acids is 1. The summed E-state index contributed by atoms with van der Waals surface area (Å²) < 4.78 is 0. The van der Waals surface area contributed by atoms with Crippen LogP contribution in [0.5, 0.6) is 0 Å². The van der Waals surface area contributed by atoms with Gasteiger partial charge in [0.25, 0.3) is 0 Å². The lowest BCUT2D eigenvalue weighted by Crippen LogP contribution is -2.50. The molecule has 1 atom stereocenters. The van der Waals surface area contributed by atoms with Gasteiger partial charge in [0, 0.05) is 0 Å². The Bertz CT molecular complexity index is 207. The quantitative estimate of drug-likeness (QED) is 0.744. The number of rotatable bonds is 6. The van der Waals surface area contributed by atoms with E-state index in [1.165, 1.54) is 19.3 Å². The molecule has 1 aliphatic rings. The van der Waals surface area contributed by atoms with E-state index in [0.29, 0.717) is 18.8 Å². The van der Waals surface area contributed by atoms with Crippen molar-refractivity contribution in [3.63, 3.8) is 0 Å². The highest BCUT2D eigenvalue weighted by molar-refractivity contribution is 5.85. The molecule has 3 nitrogen and oxygen atoms in total. The molecule has 0 aliphatic heterocycles. The van der Waals surface area contributed by atoms with Gasteiger partial charge in [0.05, 0.1) is 0 Å². The molecule has 4 heteroatoms. The van der Waals surface area contributed by atoms with Gasteiger partial charge in [-0.15, -0.1) is 12.4 Å². The first kappa shape index (κ1) is 14.7. The lowest BCUT2D eigenvalue weighted by atomic mass is 9.74. The minimum absolute atomic E-state index is 0. The minimum Gasteiger partial charge on any atom is -0.480 e. The predicted octanol–water partition coefficient (Wildman–Crippen LogP) is 2.57. The van der Waals surface area contributed by atoms with Crippen molar-refractivity contribution in [3.05, 3.63) is 0 Å². The Labute approximate surface area is 97.8 Å². The van der Waals surface area contributed by atoms with E-state index in [-0.39, 0.29) is 12.4 Å². The number of carbonyl (C=O) groups is 1. The summed E-state index contributed by atoms with van der Waals surface area (Å²) in [4.78, 5) is 11.1. The van der Waals surface area contributed by atoms with E-state index < -0.39 is 11.5 Å². The highest BCUT2D eigenvalue weighted by Crippen LogP contribution is 2.34. The monoisotopic (exact) mass is 235 g/mol. The standard InChI is InChI=1S/C11H21NO2.ClH/c1-2-3-7-11(12,10(13)14)8-9-5-4-6-9;/h9H,2-8,12H2,1H3,(H,13,14);1H/t11-;/m1./s1. The van der Waals surface area contributed by atoms with Gasteiger partial charge in [-0.1, -0.05) is 39.0 Å². The fraction of sp³-hybridized carbons (Fsp3) is 0.909. The molecular formula is C11H22ClNO2. The molecule has 0 amide bonds. The number of unbranched alkanes of at least 4 members (excludes halogenated alkanes) is 1. The van der Waals surface area contributed by atoms with Gasteiger partial charge in [0.1, 0.15) is 5.54 Å². The summed E-state index contributed by atoms with van der Waals surface area (Å²) in [6.07, 6.45) is 6.79. The maximum atomic E-state index is 11.1. The van der Waals surface area contributed by atoms with E-state index in [1.54, 1.807) is 0 Å². The van der Waals surface area contributed by atoms with Gasteiger partial charge in [-0.3, -0.25) is 4.79 Å². The van der Waals surface area contributed by atoms with Crippen molar-refractivity contribution in [2.75, 3.05) is 0 Å². The topological polar surface area (TPSA) is 63.3 Å². The van der Waals surface area contributed by atoms with Gasteiger partial charge < -0.3 is 10.8 Å². The first-order valence-electron chi connectivity index (χ1n) is 5.61. The first-order valence-corrected chi connectivity index (χ1v) is 5.61. The molecule has 90 valence electrons. The molecule has 0 saturated heterocycles. The molecule has 0 spiro atoms. The molecule has 0 bridgehead atoms. The number of nitrogens with two attached hydrogens (primary N) is 1. The van der Waals surface area contributed by atoms with Crippen molar-refractivity contribution in [2.24, 2.45) is 11.7 Å². The normalized spacial score (nSPS) is 19.9. The van der Waals surface area contributed by atoms with E-state index >= 15 is 0 Å². The maximum Gasteiger partial charge on any atom is 0.323 e. The van der Waals surface area contributed by atoms with E-state index in [9.17, 15) is 4.79 Å². The average molecular weight is 236 g/mol. The van der Waals surface area contributed by atoms with Crippen LogP contribution in [0.15, 0.2) is 0 Å². The molecular weight excluding hydrogens is 214 g/mol. The molecule has 1 fully saturated rings. The molecule has 0 aromatic carbocycles. The third-order valence-corrected chi connectivity index (χ3v) is 3.28. The molecule has 1 rings (SSSR count). The molecule has 3 N–H and O–H groups in total. The second kappa shape index (κ2) is 6.33. The van der Waals surface area contributed by atoms with Crippen LogP contribution in [0.2, 0.25) is 0 Å². The Morgan fingerprint density at radius 2 is 2.13 bits per heavy atom. The summed E-state index contributed by atoms with van der Waals surface area (Å²) in [6, 6.07) is 0. The van der Waals surface area contributed by atoms with Gasteiger partial charge in [-0.05, 0) is 18.8 Å². The SMILES string of the molecule is CCCC[C@@](N)(CC1CCC1)C(=O)O.Cl. The third-order valence-electron chi connectivity index (χ3n) is 3.28. The van der Waals surface area contributed by atoms with Gasteiger partial charge in [-0.2, -0.15) is 0 Å². The third kappa shape index (κ3) is 3.99. The van der Waals surface area contributed by atoms with E-state index in [1.807, 2.05) is 0 Å². The highest BCUT2D eigenvalue weighted by Gasteiger charge is 2.37. The lowest BCUT2D eigenvalue weighted by Gasteiger charge is -2.34. The summed E-state index contributed by atoms with van der Waals surface area (Å²) in [5.74, 6) is -0.259. The second-order valence-electron chi connectivity index (χ2n) is 4.57. The van der Waals surface area contributed by atoms with E-state index in [4.69, 9.17) is 10.8 Å². The summed E-state index contributed by atoms with van der Waals surface area (Å²) >= 11 is 0. The van der Waals surface area contributed by atoms with Crippen molar-refractivity contribution in [3.8, 4) is 0 Å². The predicted molar refractivity (Wildman–Crippen MR) is 63.3 cm³/mol. The minimum atomic E-state index is -0.957. The first-order chi connectivity index (χ1) is 6.58. The Kier molecular flexibility index (Phi) is 6.22. The van der Waals surface area contributed by atoms with Crippen molar-refractivity contribution in [2.45, 2.75) is 57.4 Å². The van der Waals surface area contributed by atoms with Crippen LogP contribution in [0.25, 0.3) is 0 Å². The molecule has 0 heterocycles. The van der Waals surface area contributed by atoms with Crippen LogP contribution >= 0.6 is 12.4 Å². The highest BCUT2D eigenvalue weighted by atomic mass is 35.5. The molecule has 1 aliphatic carbocycles. The number of hydrogen-bond acceptors (Lipinski definition) is 2. The zero-order chi connectivity index (χ0) is 10.6. The fourth-order valence-electron chi connectivity index (χ4n) is 2.00. The second-order valence-corrected chi connectivity index (χ2v) is 4.57. The van der Waals surface area contributed by atoms with Crippen molar-refractivity contribution >= 4 is 18.4 Å². The summed E-state index contributed by atoms with van der Waals surface area (Å²) in [7, 11) is 0. The molecule has 1 saturated carbocycles. The molecule has 0 aromatic heterocycles. The average Bonchev–Trinajstić information content (AvgIpc) is 2.08. The zero-order valence-corrected chi connectivity index (χ0v) is 10.2. The van der Waals surface area contributed by atoms with Crippen LogP contribution in [0.4, 0.5) is 0 Å². The van der Waals surface area contributed by atoms with Gasteiger partial charge in [-0.25, -0.2) is 0 Å². The molecule has 0 radical (unpaired) electrons. The number of halogens is 1. The molecule has 0 unspecified atom stereocenters. The number of carboxylic acid groups (broad SMARTS) is 1. The number of hydrogen-bond donors (Lipinski definition) is 2. The van der Waals surface area contributed by atoms with Crippen LogP contribution in [-0.4, -0.2) is 16.6 Å². The Hall–Kier alpha value is -0.280. The zero-order valence-electron chi connectivity index (χ0n) is 9.37. The fourth-order valence-corrected chi connectivity index (χ4v) is 2.00. The smallest absolute Gasteiger partial charge is 0.323 e. The van der Waals surface area contributed by atoms with Crippen LogP contribution in [0, 0.1) is 5.92 Å². The Balaban J connectivity index is 0.00000196. The van der Waals surface area contributed by atoms with Crippen LogP contribution in [-0.2, 0) is 4.79 Å². The lowest BCUT2D eigenvalue weighted by molar-refractivity contribution is -0.144. The van der Waals surface area contributed by atoms with Crippen LogP contribution in [0.1, 0.15) is 51.9 Å². The van der Waals surface area contributed by atoms with Gasteiger partial charge >= 0.3 is 5.97 Å². The Morgan fingerprint density at radius 3 is 2.47 bits per heavy atom. The summed E-state index contributed by atoms with van der Waals surface area (Å²) in [6.45, 7) is 2.06. The number of carboxylic acids is 1. The van der Waals surface area contributed by atoms with E-state index in [0.717, 1.165) is 12.8 Å². The van der Waals surface area contributed by atoms with Gasteiger partial charge in [0.15, 0.2) is 0 Å². The maximum absolute atomic E-state index is 11.1. The summed E-state index contributed by atoms with van der Waals surface area (Å²) in [5.41, 5.74) is 4.98. The Morgan fingerprint density at radius 1 is 1.53 bits per heavy atom. The largest absolute Gasteiger partial charge is 0.480 e. The summed E-state index contributed by atoms with van der Waals surface area (Å²) in [5, 5.41) is 9.10. The van der Waals surface area contributed by atoms with Gasteiger partial charge in [0.2, 0.25) is 0 Å². The van der Waals surface area contributed by atoms with Crippen molar-refractivity contribution < 1.29 is 9.90 Å². The molecule has 15 heavy (non-hydrogen) atoms. The molecule has 0 aromatic rings. The van der Waals surface area contributed by atoms with Crippen LogP contribution in [0.3, 0.4) is 0 Å². The van der Waals surface area contributed by atoms with Crippen molar-refractivity contribution in [1.29, 1.82) is 0 Å². The van der Waals surface area contributed by atoms with Crippen molar-refractivity contribution in [1.82, 2.24) is 0 Å². The van der Waals surface area contributed by atoms with Crippen LogP contribution < -0.4 is 5.73 Å². The van der Waals surface area contributed by atoms with E-state index in [2.05, 4.69) is 6.92 Å².